The zero-order valence-electron chi connectivity index (χ0n) is 17.4. The summed E-state index contributed by atoms with van der Waals surface area (Å²) in [4.78, 5) is 12.4. The Morgan fingerprint density at radius 3 is 2.67 bits per heavy atom. The van der Waals surface area contributed by atoms with Gasteiger partial charge in [-0.1, -0.05) is 38.2 Å². The van der Waals surface area contributed by atoms with E-state index in [1.165, 1.54) is 48.9 Å². The van der Waals surface area contributed by atoms with Gasteiger partial charge < -0.3 is 10.1 Å². The Hall–Kier alpha value is -2.51. The smallest absolute Gasteiger partial charge is 0.416 e. The largest absolute Gasteiger partial charge is 0.471 e. The molecule has 1 saturated carbocycles. The summed E-state index contributed by atoms with van der Waals surface area (Å²) in [5.41, 5.74) is 1.22. The van der Waals surface area contributed by atoms with Crippen molar-refractivity contribution in [1.29, 1.82) is 0 Å². The van der Waals surface area contributed by atoms with Crippen LogP contribution in [0.5, 0.6) is 5.75 Å². The van der Waals surface area contributed by atoms with Gasteiger partial charge in [-0.15, -0.1) is 0 Å². The number of nitrogens with one attached hydrogen (secondary N) is 1. The minimum atomic E-state index is -4.42. The molecule has 1 N–H and O–H groups in total. The summed E-state index contributed by atoms with van der Waals surface area (Å²) >= 11 is 0. The fourth-order valence-electron chi connectivity index (χ4n) is 3.91. The minimum Gasteiger partial charge on any atom is -0.471 e. The van der Waals surface area contributed by atoms with E-state index < -0.39 is 11.7 Å². The molecule has 1 aromatic carbocycles. The van der Waals surface area contributed by atoms with Gasteiger partial charge in [-0.25, -0.2) is 4.68 Å². The van der Waals surface area contributed by atoms with Gasteiger partial charge in [0.1, 0.15) is 5.75 Å². The fourth-order valence-corrected chi connectivity index (χ4v) is 3.91. The topological polar surface area (TPSA) is 56.1 Å². The standard InChI is InChI=1S/C22H28F3N3O2/c1-15-21(26-20(29)12-11-17-7-4-3-5-8-17)16(2)28(27-15)14-30-19-10-6-9-18(13-19)22(23,24)25/h6,9-10,13,17H,3-5,7-8,11-12,14H2,1-2H3,(H,26,29). The Labute approximate surface area is 174 Å². The molecule has 0 spiro atoms. The molecule has 0 radical (unpaired) electrons. The fraction of sp³-hybridized carbons (Fsp3) is 0.545. The van der Waals surface area contributed by atoms with Crippen LogP contribution in [0.25, 0.3) is 0 Å². The van der Waals surface area contributed by atoms with Crippen LogP contribution in [-0.4, -0.2) is 15.7 Å². The molecule has 0 bridgehead atoms. The van der Waals surface area contributed by atoms with Crippen molar-refractivity contribution in [2.24, 2.45) is 5.92 Å². The van der Waals surface area contributed by atoms with E-state index >= 15 is 0 Å². The number of anilines is 1. The van der Waals surface area contributed by atoms with Gasteiger partial charge in [-0.05, 0) is 44.4 Å². The normalized spacial score (nSPS) is 15.2. The van der Waals surface area contributed by atoms with Gasteiger partial charge in [-0.3, -0.25) is 4.79 Å². The van der Waals surface area contributed by atoms with Crippen LogP contribution >= 0.6 is 0 Å². The van der Waals surface area contributed by atoms with Crippen molar-refractivity contribution in [1.82, 2.24) is 9.78 Å². The maximum absolute atomic E-state index is 12.8. The summed E-state index contributed by atoms with van der Waals surface area (Å²) in [7, 11) is 0. The second kappa shape index (κ2) is 9.53. The summed E-state index contributed by atoms with van der Waals surface area (Å²) in [6.07, 6.45) is 3.17. The molecular formula is C22H28F3N3O2. The van der Waals surface area contributed by atoms with E-state index in [-0.39, 0.29) is 18.4 Å². The molecule has 3 rings (SSSR count). The van der Waals surface area contributed by atoms with Gasteiger partial charge in [0.15, 0.2) is 6.73 Å². The number of aryl methyl sites for hydroxylation is 1. The predicted octanol–water partition coefficient (Wildman–Crippen LogP) is 5.85. The maximum atomic E-state index is 12.8. The summed E-state index contributed by atoms with van der Waals surface area (Å²) in [6.45, 7) is 3.53. The molecule has 1 aromatic heterocycles. The first kappa shape index (κ1) is 22.2. The van der Waals surface area contributed by atoms with Gasteiger partial charge >= 0.3 is 6.18 Å². The number of amides is 1. The highest BCUT2D eigenvalue weighted by atomic mass is 19.4. The van der Waals surface area contributed by atoms with Crippen molar-refractivity contribution in [3.63, 3.8) is 0 Å². The molecule has 0 atom stereocenters. The number of hydrogen-bond donors (Lipinski definition) is 1. The number of ether oxygens (including phenoxy) is 1. The maximum Gasteiger partial charge on any atom is 0.416 e. The number of halogens is 3. The van der Waals surface area contributed by atoms with Crippen LogP contribution in [0.4, 0.5) is 18.9 Å². The Bertz CT molecular complexity index is 871. The van der Waals surface area contributed by atoms with Crippen molar-refractivity contribution >= 4 is 11.6 Å². The highest BCUT2D eigenvalue weighted by Gasteiger charge is 2.30. The van der Waals surface area contributed by atoms with Crippen LogP contribution < -0.4 is 10.1 Å². The highest BCUT2D eigenvalue weighted by Crippen LogP contribution is 2.31. The molecule has 1 amide bonds. The Balaban J connectivity index is 1.58. The third-order valence-electron chi connectivity index (χ3n) is 5.67. The number of benzene rings is 1. The predicted molar refractivity (Wildman–Crippen MR) is 108 cm³/mol. The van der Waals surface area contributed by atoms with Crippen LogP contribution in [0.1, 0.15) is 61.9 Å². The molecule has 0 aliphatic heterocycles. The lowest BCUT2D eigenvalue weighted by atomic mass is 9.86. The van der Waals surface area contributed by atoms with E-state index in [0.29, 0.717) is 29.4 Å². The van der Waals surface area contributed by atoms with E-state index in [1.807, 2.05) is 0 Å². The van der Waals surface area contributed by atoms with E-state index in [0.717, 1.165) is 18.6 Å². The summed E-state index contributed by atoms with van der Waals surface area (Å²) in [6, 6.07) is 4.73. The molecule has 0 saturated heterocycles. The first-order valence-electron chi connectivity index (χ1n) is 10.4. The van der Waals surface area contributed by atoms with Crippen LogP contribution in [0.3, 0.4) is 0 Å². The average molecular weight is 423 g/mol. The Kier molecular flexibility index (Phi) is 7.05. The monoisotopic (exact) mass is 423 g/mol. The van der Waals surface area contributed by atoms with Crippen molar-refractivity contribution in [2.45, 2.75) is 71.7 Å². The number of carbonyl (C=O) groups excluding carboxylic acids is 1. The SMILES string of the molecule is Cc1nn(COc2cccc(C(F)(F)F)c2)c(C)c1NC(=O)CCC1CCCCC1. The number of rotatable bonds is 7. The average Bonchev–Trinajstić information content (AvgIpc) is 2.98. The molecule has 30 heavy (non-hydrogen) atoms. The third-order valence-corrected chi connectivity index (χ3v) is 5.67. The van der Waals surface area contributed by atoms with Gasteiger partial charge in [0.2, 0.25) is 5.91 Å². The number of alkyl halides is 3. The zero-order valence-corrected chi connectivity index (χ0v) is 17.4. The molecule has 1 fully saturated rings. The van der Waals surface area contributed by atoms with Crippen molar-refractivity contribution in [3.05, 3.63) is 41.2 Å². The van der Waals surface area contributed by atoms with Crippen molar-refractivity contribution in [2.75, 3.05) is 5.32 Å². The number of aromatic nitrogens is 2. The summed E-state index contributed by atoms with van der Waals surface area (Å²) in [5, 5.41) is 7.29. The third kappa shape index (κ3) is 5.77. The van der Waals surface area contributed by atoms with E-state index in [4.69, 9.17) is 4.74 Å². The molecule has 1 aliphatic rings. The minimum absolute atomic E-state index is 0.0369. The first-order valence-corrected chi connectivity index (χ1v) is 10.4. The highest BCUT2D eigenvalue weighted by molar-refractivity contribution is 5.91. The second-order valence-corrected chi connectivity index (χ2v) is 7.94. The summed E-state index contributed by atoms with van der Waals surface area (Å²) in [5.74, 6) is 0.704. The lowest BCUT2D eigenvalue weighted by Crippen LogP contribution is -2.16. The van der Waals surface area contributed by atoms with Crippen LogP contribution in [0, 0.1) is 19.8 Å². The second-order valence-electron chi connectivity index (χ2n) is 7.94. The quantitative estimate of drug-likeness (QED) is 0.607. The molecule has 1 aliphatic carbocycles. The molecule has 1 heterocycles. The zero-order chi connectivity index (χ0) is 21.7. The van der Waals surface area contributed by atoms with E-state index in [9.17, 15) is 18.0 Å². The number of hydrogen-bond acceptors (Lipinski definition) is 3. The van der Waals surface area contributed by atoms with Gasteiger partial charge in [0, 0.05) is 6.42 Å². The lowest BCUT2D eigenvalue weighted by Gasteiger charge is -2.21. The Morgan fingerprint density at radius 2 is 1.97 bits per heavy atom. The van der Waals surface area contributed by atoms with Gasteiger partial charge in [0.05, 0.1) is 22.6 Å². The van der Waals surface area contributed by atoms with Gasteiger partial charge in [0.25, 0.3) is 0 Å². The number of carbonyl (C=O) groups is 1. The van der Waals surface area contributed by atoms with Crippen molar-refractivity contribution in [3.8, 4) is 5.75 Å². The number of nitrogens with zero attached hydrogens (tertiary/aromatic N) is 2. The van der Waals surface area contributed by atoms with E-state index in [2.05, 4.69) is 10.4 Å². The molecule has 0 unspecified atom stereocenters. The van der Waals surface area contributed by atoms with Crippen LogP contribution in [0.15, 0.2) is 24.3 Å². The first-order chi connectivity index (χ1) is 14.2. The lowest BCUT2D eigenvalue weighted by molar-refractivity contribution is -0.137. The molecule has 8 heteroatoms. The Morgan fingerprint density at radius 1 is 1.23 bits per heavy atom. The summed E-state index contributed by atoms with van der Waals surface area (Å²) < 4.78 is 45.6. The molecule has 5 nitrogen and oxygen atoms in total. The van der Waals surface area contributed by atoms with E-state index in [1.54, 1.807) is 13.8 Å². The molecular weight excluding hydrogens is 395 g/mol. The molecule has 164 valence electrons. The van der Waals surface area contributed by atoms with Crippen LogP contribution in [-0.2, 0) is 17.7 Å². The van der Waals surface area contributed by atoms with Crippen LogP contribution in [0.2, 0.25) is 0 Å². The van der Waals surface area contributed by atoms with Crippen molar-refractivity contribution < 1.29 is 22.7 Å². The molecule has 2 aromatic rings. The van der Waals surface area contributed by atoms with Gasteiger partial charge in [-0.2, -0.15) is 18.3 Å².